The zero-order valence-corrected chi connectivity index (χ0v) is 26.3. The Labute approximate surface area is 280 Å². The number of fused-ring (bicyclic) bond motifs is 6. The van der Waals surface area contributed by atoms with E-state index in [0.29, 0.717) is 0 Å². The van der Waals surface area contributed by atoms with Crippen LogP contribution in [0.5, 0.6) is 0 Å². The average Bonchev–Trinajstić information content (AvgIpc) is 3.18. The Balaban J connectivity index is 1.05. The molecule has 0 aliphatic carbocycles. The maximum atomic E-state index is 4.23. The molecule has 9 aromatic rings. The van der Waals surface area contributed by atoms with Crippen LogP contribution in [0.4, 0.5) is 0 Å². The van der Waals surface area contributed by atoms with Crippen molar-refractivity contribution in [2.45, 2.75) is 0 Å². The second-order valence-electron chi connectivity index (χ2n) is 12.4. The van der Waals surface area contributed by atoms with Crippen molar-refractivity contribution < 1.29 is 0 Å². The van der Waals surface area contributed by atoms with Gasteiger partial charge in [0.05, 0.1) is 0 Å². The van der Waals surface area contributed by atoms with Gasteiger partial charge in [-0.3, -0.25) is 4.98 Å². The minimum atomic E-state index is 1.16. The lowest BCUT2D eigenvalue weighted by atomic mass is 9.91. The Morgan fingerprint density at radius 3 is 1.04 bits per heavy atom. The SMILES string of the molecule is c1ccc(-c2cc(-c3ccncc3)cc(-c3ccc(-c4ccc(-c5ccc6c7ccccc7c7ccccc7c6c5)cc4)cc3)c2)cc1. The molecule has 1 heterocycles. The summed E-state index contributed by atoms with van der Waals surface area (Å²) in [6.07, 6.45) is 3.71. The molecule has 0 aliphatic rings. The minimum absolute atomic E-state index is 1.16. The third-order valence-corrected chi connectivity index (χ3v) is 9.57. The smallest absolute Gasteiger partial charge is 0.0273 e. The zero-order valence-electron chi connectivity index (χ0n) is 26.3. The molecule has 48 heavy (non-hydrogen) atoms. The Bertz CT molecular complexity index is 2470. The third-order valence-electron chi connectivity index (χ3n) is 9.57. The van der Waals surface area contributed by atoms with Gasteiger partial charge in [0, 0.05) is 12.4 Å². The maximum Gasteiger partial charge on any atom is 0.0273 e. The van der Waals surface area contributed by atoms with Crippen molar-refractivity contribution in [1.29, 1.82) is 0 Å². The molecule has 0 spiro atoms. The van der Waals surface area contributed by atoms with Crippen LogP contribution in [0.1, 0.15) is 0 Å². The van der Waals surface area contributed by atoms with Gasteiger partial charge in [-0.25, -0.2) is 0 Å². The van der Waals surface area contributed by atoms with Gasteiger partial charge in [0.2, 0.25) is 0 Å². The van der Waals surface area contributed by atoms with Gasteiger partial charge in [-0.1, -0.05) is 140 Å². The summed E-state index contributed by atoms with van der Waals surface area (Å²) in [4.78, 5) is 4.23. The number of benzene rings is 8. The molecule has 1 heteroatoms. The molecule has 0 unspecified atom stereocenters. The van der Waals surface area contributed by atoms with Crippen LogP contribution in [-0.4, -0.2) is 4.98 Å². The number of pyridine rings is 1. The van der Waals surface area contributed by atoms with Crippen LogP contribution < -0.4 is 0 Å². The van der Waals surface area contributed by atoms with Crippen molar-refractivity contribution in [3.63, 3.8) is 0 Å². The fourth-order valence-electron chi connectivity index (χ4n) is 7.10. The lowest BCUT2D eigenvalue weighted by molar-refractivity contribution is 1.33. The van der Waals surface area contributed by atoms with Gasteiger partial charge in [-0.15, -0.1) is 0 Å². The lowest BCUT2D eigenvalue weighted by Gasteiger charge is -2.13. The molecular weight excluding hydrogens is 579 g/mol. The van der Waals surface area contributed by atoms with Crippen LogP contribution in [0.15, 0.2) is 188 Å². The van der Waals surface area contributed by atoms with Crippen LogP contribution in [0.2, 0.25) is 0 Å². The van der Waals surface area contributed by atoms with Crippen molar-refractivity contribution >= 4 is 32.3 Å². The fourth-order valence-corrected chi connectivity index (χ4v) is 7.10. The molecule has 0 aliphatic heterocycles. The molecule has 0 N–H and O–H groups in total. The molecule has 9 rings (SSSR count). The molecule has 0 saturated heterocycles. The van der Waals surface area contributed by atoms with Gasteiger partial charge in [-0.05, 0) is 124 Å². The van der Waals surface area contributed by atoms with Crippen LogP contribution in [0, 0.1) is 0 Å². The fraction of sp³-hybridized carbons (Fsp3) is 0. The quantitative estimate of drug-likeness (QED) is 0.177. The first-order valence-electron chi connectivity index (χ1n) is 16.4. The average molecular weight is 610 g/mol. The summed E-state index contributed by atoms with van der Waals surface area (Å²) in [7, 11) is 0. The van der Waals surface area contributed by atoms with Crippen LogP contribution in [-0.2, 0) is 0 Å². The lowest BCUT2D eigenvalue weighted by Crippen LogP contribution is -1.87. The zero-order chi connectivity index (χ0) is 31.9. The summed E-state index contributed by atoms with van der Waals surface area (Å²) < 4.78 is 0. The summed E-state index contributed by atoms with van der Waals surface area (Å²) in [5, 5.41) is 7.81. The summed E-state index contributed by atoms with van der Waals surface area (Å²) in [5.74, 6) is 0. The largest absolute Gasteiger partial charge is 0.265 e. The van der Waals surface area contributed by atoms with E-state index < -0.39 is 0 Å². The summed E-state index contributed by atoms with van der Waals surface area (Å²) >= 11 is 0. The third kappa shape index (κ3) is 5.03. The molecule has 1 aromatic heterocycles. The number of hydrogen-bond acceptors (Lipinski definition) is 1. The van der Waals surface area contributed by atoms with Crippen molar-refractivity contribution in [3.05, 3.63) is 188 Å². The number of rotatable bonds is 5. The van der Waals surface area contributed by atoms with Gasteiger partial charge >= 0.3 is 0 Å². The molecule has 0 radical (unpaired) electrons. The van der Waals surface area contributed by atoms with E-state index in [4.69, 9.17) is 0 Å². The van der Waals surface area contributed by atoms with E-state index in [0.717, 1.165) is 5.56 Å². The minimum Gasteiger partial charge on any atom is -0.265 e. The highest BCUT2D eigenvalue weighted by molar-refractivity contribution is 6.25. The predicted octanol–water partition coefficient (Wildman–Crippen LogP) is 12.9. The van der Waals surface area contributed by atoms with Crippen molar-refractivity contribution in [1.82, 2.24) is 4.98 Å². The number of aromatic nitrogens is 1. The van der Waals surface area contributed by atoms with Gasteiger partial charge in [0.1, 0.15) is 0 Å². The Hall–Kier alpha value is -6.31. The van der Waals surface area contributed by atoms with E-state index in [1.165, 1.54) is 82.4 Å². The monoisotopic (exact) mass is 609 g/mol. The van der Waals surface area contributed by atoms with E-state index >= 15 is 0 Å². The normalized spacial score (nSPS) is 11.3. The van der Waals surface area contributed by atoms with Crippen LogP contribution in [0.3, 0.4) is 0 Å². The molecule has 1 nitrogen and oxygen atoms in total. The van der Waals surface area contributed by atoms with Crippen LogP contribution in [0.25, 0.3) is 88.0 Å². The molecule has 0 amide bonds. The standard InChI is InChI=1S/C47H31N/c1-2-8-32(9-3-1)39-28-40(30-41(29-39)37-24-26-48-27-25-37)36-20-16-34(17-21-36)33-14-18-35(19-15-33)38-22-23-46-44-12-5-4-10-42(44)43-11-6-7-13-45(43)47(46)31-38/h1-31H. The molecule has 0 bridgehead atoms. The first kappa shape index (κ1) is 28.0. The molecular formula is C47H31N. The van der Waals surface area contributed by atoms with Gasteiger partial charge in [0.15, 0.2) is 0 Å². The summed E-state index contributed by atoms with van der Waals surface area (Å²) in [6.45, 7) is 0. The van der Waals surface area contributed by atoms with Crippen molar-refractivity contribution in [3.8, 4) is 55.6 Å². The highest BCUT2D eigenvalue weighted by Crippen LogP contribution is 2.38. The molecule has 0 atom stereocenters. The van der Waals surface area contributed by atoms with Gasteiger partial charge < -0.3 is 0 Å². The Kier molecular flexibility index (Phi) is 6.87. The predicted molar refractivity (Wildman–Crippen MR) is 204 cm³/mol. The Morgan fingerprint density at radius 1 is 0.208 bits per heavy atom. The highest BCUT2D eigenvalue weighted by atomic mass is 14.6. The van der Waals surface area contributed by atoms with Crippen molar-refractivity contribution in [2.24, 2.45) is 0 Å². The Morgan fingerprint density at radius 2 is 0.542 bits per heavy atom. The first-order valence-corrected chi connectivity index (χ1v) is 16.4. The molecule has 224 valence electrons. The van der Waals surface area contributed by atoms with E-state index in [9.17, 15) is 0 Å². The summed E-state index contributed by atoms with van der Waals surface area (Å²) in [5.41, 5.74) is 12.0. The van der Waals surface area contributed by atoms with E-state index in [2.05, 4.69) is 181 Å². The molecule has 0 fully saturated rings. The molecule has 0 saturated carbocycles. The maximum absolute atomic E-state index is 4.23. The van der Waals surface area contributed by atoms with E-state index in [-0.39, 0.29) is 0 Å². The highest BCUT2D eigenvalue weighted by Gasteiger charge is 2.11. The second kappa shape index (κ2) is 11.8. The van der Waals surface area contributed by atoms with E-state index in [1.54, 1.807) is 0 Å². The van der Waals surface area contributed by atoms with Crippen LogP contribution >= 0.6 is 0 Å². The van der Waals surface area contributed by atoms with Gasteiger partial charge in [0.25, 0.3) is 0 Å². The topological polar surface area (TPSA) is 12.9 Å². The molecule has 8 aromatic carbocycles. The summed E-state index contributed by atoms with van der Waals surface area (Å²) in [6, 6.07) is 63.9. The number of nitrogens with zero attached hydrogens (tertiary/aromatic N) is 1. The van der Waals surface area contributed by atoms with Gasteiger partial charge in [-0.2, -0.15) is 0 Å². The van der Waals surface area contributed by atoms with E-state index in [1.807, 2.05) is 12.4 Å². The van der Waals surface area contributed by atoms with Crippen molar-refractivity contribution in [2.75, 3.05) is 0 Å². The number of hydrogen-bond donors (Lipinski definition) is 0. The first-order chi connectivity index (χ1) is 23.8. The second-order valence-corrected chi connectivity index (χ2v) is 12.4.